The summed E-state index contributed by atoms with van der Waals surface area (Å²) in [5.41, 5.74) is 7.29. The smallest absolute Gasteiger partial charge is 0.268 e. The molecule has 3 aromatic rings. The molecule has 1 aliphatic rings. The number of nitrogens with zero attached hydrogens (tertiary/aromatic N) is 5. The van der Waals surface area contributed by atoms with Crippen molar-refractivity contribution in [1.82, 2.24) is 20.2 Å². The van der Waals surface area contributed by atoms with E-state index >= 15 is 0 Å². The van der Waals surface area contributed by atoms with Crippen LogP contribution in [-0.4, -0.2) is 33.0 Å². The SMILES string of the molecule is COc1ccc2c(c1)/C(=N/Nc1nnnn1-c1ccccc1)CCC2. The summed E-state index contributed by atoms with van der Waals surface area (Å²) < 4.78 is 6.97. The van der Waals surface area contributed by atoms with Gasteiger partial charge in [0.2, 0.25) is 0 Å². The Balaban J connectivity index is 1.63. The summed E-state index contributed by atoms with van der Waals surface area (Å²) in [4.78, 5) is 0. The second kappa shape index (κ2) is 6.72. The van der Waals surface area contributed by atoms with Crippen LogP contribution >= 0.6 is 0 Å². The van der Waals surface area contributed by atoms with Gasteiger partial charge in [0, 0.05) is 5.56 Å². The molecule has 0 bridgehead atoms. The first-order valence-corrected chi connectivity index (χ1v) is 8.19. The van der Waals surface area contributed by atoms with Crippen molar-refractivity contribution in [3.05, 3.63) is 59.7 Å². The highest BCUT2D eigenvalue weighted by atomic mass is 16.5. The Morgan fingerprint density at radius 3 is 2.84 bits per heavy atom. The molecule has 7 nitrogen and oxygen atoms in total. The number of fused-ring (bicyclic) bond motifs is 1. The fourth-order valence-electron chi connectivity index (χ4n) is 2.98. The maximum Gasteiger partial charge on any atom is 0.268 e. The second-order valence-electron chi connectivity index (χ2n) is 5.80. The molecule has 1 heterocycles. The van der Waals surface area contributed by atoms with E-state index in [1.807, 2.05) is 42.5 Å². The summed E-state index contributed by atoms with van der Waals surface area (Å²) in [5.74, 6) is 1.32. The van der Waals surface area contributed by atoms with Gasteiger partial charge in [-0.1, -0.05) is 29.4 Å². The number of nitrogens with one attached hydrogen (secondary N) is 1. The molecule has 1 aliphatic carbocycles. The minimum absolute atomic E-state index is 0.480. The monoisotopic (exact) mass is 334 g/mol. The highest BCUT2D eigenvalue weighted by Gasteiger charge is 2.17. The number of anilines is 1. The number of tetrazole rings is 1. The van der Waals surface area contributed by atoms with Gasteiger partial charge >= 0.3 is 0 Å². The maximum absolute atomic E-state index is 5.34. The minimum atomic E-state index is 0.480. The average molecular weight is 334 g/mol. The van der Waals surface area contributed by atoms with Gasteiger partial charge in [-0.05, 0) is 59.5 Å². The van der Waals surface area contributed by atoms with Crippen LogP contribution < -0.4 is 10.2 Å². The van der Waals surface area contributed by atoms with E-state index in [-0.39, 0.29) is 0 Å². The number of aromatic nitrogens is 4. The number of rotatable bonds is 4. The molecular weight excluding hydrogens is 316 g/mol. The Bertz CT molecular complexity index is 903. The quantitative estimate of drug-likeness (QED) is 0.742. The third-order valence-corrected chi connectivity index (χ3v) is 4.25. The van der Waals surface area contributed by atoms with E-state index in [4.69, 9.17) is 4.74 Å². The van der Waals surface area contributed by atoms with Crippen molar-refractivity contribution in [1.29, 1.82) is 0 Å². The summed E-state index contributed by atoms with van der Waals surface area (Å²) in [6, 6.07) is 15.8. The summed E-state index contributed by atoms with van der Waals surface area (Å²) in [6.45, 7) is 0. The van der Waals surface area contributed by atoms with E-state index in [9.17, 15) is 0 Å². The molecule has 0 spiro atoms. The molecule has 0 fully saturated rings. The number of para-hydroxylation sites is 1. The molecule has 25 heavy (non-hydrogen) atoms. The number of hydrogen-bond acceptors (Lipinski definition) is 6. The van der Waals surface area contributed by atoms with E-state index < -0.39 is 0 Å². The number of hydrogen-bond donors (Lipinski definition) is 1. The predicted molar refractivity (Wildman–Crippen MR) is 95.2 cm³/mol. The first-order valence-electron chi connectivity index (χ1n) is 8.19. The van der Waals surface area contributed by atoms with Crippen molar-refractivity contribution in [3.63, 3.8) is 0 Å². The van der Waals surface area contributed by atoms with Gasteiger partial charge in [-0.15, -0.1) is 0 Å². The molecule has 0 atom stereocenters. The Hall–Kier alpha value is -3.22. The van der Waals surface area contributed by atoms with Gasteiger partial charge in [0.1, 0.15) is 5.75 Å². The predicted octanol–water partition coefficient (Wildman–Crippen LogP) is 2.82. The van der Waals surface area contributed by atoms with Crippen LogP contribution in [0.2, 0.25) is 0 Å². The molecule has 1 N–H and O–H groups in total. The van der Waals surface area contributed by atoms with Gasteiger partial charge in [0.05, 0.1) is 18.5 Å². The van der Waals surface area contributed by atoms with Crippen LogP contribution in [0, 0.1) is 0 Å². The first kappa shape index (κ1) is 15.3. The van der Waals surface area contributed by atoms with Gasteiger partial charge in [-0.2, -0.15) is 9.78 Å². The van der Waals surface area contributed by atoms with E-state index in [1.165, 1.54) is 5.56 Å². The molecule has 7 heteroatoms. The minimum Gasteiger partial charge on any atom is -0.497 e. The molecule has 0 aliphatic heterocycles. The lowest BCUT2D eigenvalue weighted by molar-refractivity contribution is 0.414. The van der Waals surface area contributed by atoms with Gasteiger partial charge in [-0.3, -0.25) is 0 Å². The third kappa shape index (κ3) is 3.08. The lowest BCUT2D eigenvalue weighted by Crippen LogP contribution is -2.14. The van der Waals surface area contributed by atoms with E-state index in [0.29, 0.717) is 5.95 Å². The maximum atomic E-state index is 5.34. The van der Waals surface area contributed by atoms with Crippen LogP contribution in [0.1, 0.15) is 24.0 Å². The normalized spacial score (nSPS) is 15.0. The largest absolute Gasteiger partial charge is 0.497 e. The Labute approximate surface area is 145 Å². The fourth-order valence-corrected chi connectivity index (χ4v) is 2.98. The lowest BCUT2D eigenvalue weighted by Gasteiger charge is -2.18. The van der Waals surface area contributed by atoms with Crippen LogP contribution in [0.25, 0.3) is 5.69 Å². The van der Waals surface area contributed by atoms with Crippen LogP contribution in [0.3, 0.4) is 0 Å². The Morgan fingerprint density at radius 2 is 2.00 bits per heavy atom. The van der Waals surface area contributed by atoms with Crippen molar-refractivity contribution in [2.75, 3.05) is 12.5 Å². The molecule has 4 rings (SSSR count). The van der Waals surface area contributed by atoms with Crippen molar-refractivity contribution in [2.45, 2.75) is 19.3 Å². The molecular formula is C18H18N6O. The van der Waals surface area contributed by atoms with Gasteiger partial charge < -0.3 is 4.74 Å². The fraction of sp³-hybridized carbons (Fsp3) is 0.222. The molecule has 0 saturated heterocycles. The van der Waals surface area contributed by atoms with E-state index in [1.54, 1.807) is 11.8 Å². The zero-order chi connectivity index (χ0) is 17.1. The van der Waals surface area contributed by atoms with Crippen LogP contribution in [-0.2, 0) is 6.42 Å². The molecule has 0 radical (unpaired) electrons. The van der Waals surface area contributed by atoms with Crippen molar-refractivity contribution < 1.29 is 4.74 Å². The number of ether oxygens (including phenoxy) is 1. The summed E-state index contributed by atoms with van der Waals surface area (Å²) >= 11 is 0. The lowest BCUT2D eigenvalue weighted by atomic mass is 9.90. The number of methoxy groups -OCH3 is 1. The van der Waals surface area contributed by atoms with Gasteiger partial charge in [0.15, 0.2) is 0 Å². The highest BCUT2D eigenvalue weighted by molar-refractivity contribution is 6.03. The van der Waals surface area contributed by atoms with E-state index in [0.717, 1.165) is 42.0 Å². The van der Waals surface area contributed by atoms with Crippen LogP contribution in [0.4, 0.5) is 5.95 Å². The Morgan fingerprint density at radius 1 is 1.12 bits per heavy atom. The molecule has 2 aromatic carbocycles. The van der Waals surface area contributed by atoms with Crippen molar-refractivity contribution >= 4 is 11.7 Å². The van der Waals surface area contributed by atoms with Crippen LogP contribution in [0.15, 0.2) is 53.6 Å². The van der Waals surface area contributed by atoms with Gasteiger partial charge in [0.25, 0.3) is 5.95 Å². The zero-order valence-corrected chi connectivity index (χ0v) is 13.9. The Kier molecular flexibility index (Phi) is 4.12. The van der Waals surface area contributed by atoms with E-state index in [2.05, 4.69) is 32.1 Å². The third-order valence-electron chi connectivity index (χ3n) is 4.25. The van der Waals surface area contributed by atoms with Gasteiger partial charge in [-0.25, -0.2) is 5.43 Å². The number of hydrazone groups is 1. The summed E-state index contributed by atoms with van der Waals surface area (Å²) in [6.07, 6.45) is 3.03. The molecule has 0 amide bonds. The average Bonchev–Trinajstić information content (AvgIpc) is 3.15. The summed E-state index contributed by atoms with van der Waals surface area (Å²) in [5, 5.41) is 16.4. The molecule has 1 aromatic heterocycles. The zero-order valence-electron chi connectivity index (χ0n) is 13.9. The second-order valence-corrected chi connectivity index (χ2v) is 5.80. The number of aryl methyl sites for hydroxylation is 1. The van der Waals surface area contributed by atoms with Crippen molar-refractivity contribution in [3.8, 4) is 11.4 Å². The molecule has 126 valence electrons. The first-order chi connectivity index (χ1) is 12.3. The number of benzene rings is 2. The molecule has 0 saturated carbocycles. The van der Waals surface area contributed by atoms with Crippen LogP contribution in [0.5, 0.6) is 5.75 Å². The summed E-state index contributed by atoms with van der Waals surface area (Å²) in [7, 11) is 1.67. The molecule has 0 unspecified atom stereocenters. The highest BCUT2D eigenvalue weighted by Crippen LogP contribution is 2.26. The standard InChI is InChI=1S/C18H18N6O/c1-25-15-11-10-13-6-5-9-17(16(13)12-15)19-20-18-21-22-23-24(18)14-7-3-2-4-8-14/h2-4,7-8,10-12H,5-6,9H2,1H3,(H,20,21,23)/b19-17+. The topological polar surface area (TPSA) is 77.2 Å². The van der Waals surface area contributed by atoms with Crippen molar-refractivity contribution in [2.24, 2.45) is 5.10 Å².